The number of para-hydroxylation sites is 1. The molecular weight excluding hydrogens is 394 g/mol. The third kappa shape index (κ3) is 4.45. The van der Waals surface area contributed by atoms with E-state index in [0.717, 1.165) is 10.2 Å². The van der Waals surface area contributed by atoms with E-state index in [0.29, 0.717) is 15.5 Å². The number of anilines is 1. The van der Waals surface area contributed by atoms with Crippen molar-refractivity contribution in [1.29, 1.82) is 0 Å². The first-order valence-corrected chi connectivity index (χ1v) is 7.24. The molecule has 7 heteroatoms. The molecule has 0 spiro atoms. The fourth-order valence-corrected chi connectivity index (χ4v) is 2.04. The van der Waals surface area contributed by atoms with Gasteiger partial charge in [0.15, 0.2) is 9.78 Å². The van der Waals surface area contributed by atoms with Gasteiger partial charge in [0.25, 0.3) is 0 Å². The maximum atomic E-state index is 5.33. The van der Waals surface area contributed by atoms with Crippen molar-refractivity contribution in [2.24, 2.45) is 5.10 Å². The zero-order valence-corrected chi connectivity index (χ0v) is 13.5. The highest BCUT2D eigenvalue weighted by molar-refractivity contribution is 9.13. The first kappa shape index (κ1) is 14.2. The van der Waals surface area contributed by atoms with E-state index in [1.807, 2.05) is 30.3 Å². The minimum atomic E-state index is 0.409. The number of thiocarbonyl (C=S) groups is 1. The van der Waals surface area contributed by atoms with Gasteiger partial charge in [0.1, 0.15) is 5.76 Å². The summed E-state index contributed by atoms with van der Waals surface area (Å²) >= 11 is 11.7. The van der Waals surface area contributed by atoms with Gasteiger partial charge < -0.3 is 9.73 Å². The highest BCUT2D eigenvalue weighted by Crippen LogP contribution is 2.25. The number of rotatable bonds is 3. The van der Waals surface area contributed by atoms with Crippen LogP contribution in [-0.4, -0.2) is 11.3 Å². The molecule has 0 saturated heterocycles. The number of halogens is 2. The summed E-state index contributed by atoms with van der Waals surface area (Å²) in [6.07, 6.45) is 1.54. The van der Waals surface area contributed by atoms with E-state index in [2.05, 4.69) is 47.7 Å². The molecule has 4 nitrogen and oxygen atoms in total. The first-order valence-electron chi connectivity index (χ1n) is 5.25. The normalized spacial score (nSPS) is 10.6. The van der Waals surface area contributed by atoms with Crippen LogP contribution in [0.2, 0.25) is 0 Å². The Morgan fingerprint density at radius 1 is 1.26 bits per heavy atom. The second-order valence-electron chi connectivity index (χ2n) is 3.46. The average Bonchev–Trinajstić information content (AvgIpc) is 2.70. The fraction of sp³-hybridized carbons (Fsp3) is 0. The number of hydrogen-bond acceptors (Lipinski definition) is 3. The van der Waals surface area contributed by atoms with Gasteiger partial charge in [-0.25, -0.2) is 0 Å². The quantitative estimate of drug-likeness (QED) is 0.460. The molecule has 0 saturated carbocycles. The molecule has 2 rings (SSSR count). The van der Waals surface area contributed by atoms with Crippen LogP contribution in [0.15, 0.2) is 55.1 Å². The summed E-state index contributed by atoms with van der Waals surface area (Å²) in [4.78, 5) is 0. The van der Waals surface area contributed by atoms with Gasteiger partial charge in [-0.2, -0.15) is 5.10 Å². The van der Waals surface area contributed by atoms with Crippen LogP contribution in [0.1, 0.15) is 5.76 Å². The highest BCUT2D eigenvalue weighted by Gasteiger charge is 2.03. The van der Waals surface area contributed by atoms with Crippen molar-refractivity contribution in [2.75, 3.05) is 5.32 Å². The van der Waals surface area contributed by atoms with Crippen LogP contribution in [0.3, 0.4) is 0 Å². The molecule has 2 N–H and O–H groups in total. The van der Waals surface area contributed by atoms with Crippen molar-refractivity contribution < 1.29 is 4.42 Å². The number of furan rings is 1. The molecule has 0 aliphatic rings. The molecule has 0 aliphatic carbocycles. The van der Waals surface area contributed by atoms with E-state index >= 15 is 0 Å². The topological polar surface area (TPSA) is 49.6 Å². The van der Waals surface area contributed by atoms with Gasteiger partial charge in [0, 0.05) is 11.8 Å². The minimum absolute atomic E-state index is 0.409. The molecule has 0 aliphatic heterocycles. The van der Waals surface area contributed by atoms with E-state index < -0.39 is 0 Å². The van der Waals surface area contributed by atoms with Gasteiger partial charge in [-0.3, -0.25) is 5.43 Å². The van der Waals surface area contributed by atoms with Crippen LogP contribution >= 0.6 is 44.1 Å². The van der Waals surface area contributed by atoms with Crippen molar-refractivity contribution in [3.8, 4) is 0 Å². The molecule has 1 aromatic carbocycles. The molecule has 0 amide bonds. The van der Waals surface area contributed by atoms with E-state index in [9.17, 15) is 0 Å². The van der Waals surface area contributed by atoms with E-state index in [1.165, 1.54) is 6.21 Å². The number of benzene rings is 1. The summed E-state index contributed by atoms with van der Waals surface area (Å²) in [5, 5.41) is 7.39. The average molecular weight is 403 g/mol. The van der Waals surface area contributed by atoms with Gasteiger partial charge in [-0.1, -0.05) is 18.2 Å². The van der Waals surface area contributed by atoms with Crippen LogP contribution < -0.4 is 10.7 Å². The van der Waals surface area contributed by atoms with E-state index in [-0.39, 0.29) is 0 Å². The Morgan fingerprint density at radius 3 is 2.63 bits per heavy atom. The number of hydrogen-bond donors (Lipinski definition) is 2. The summed E-state index contributed by atoms with van der Waals surface area (Å²) < 4.78 is 6.79. The van der Waals surface area contributed by atoms with Crippen LogP contribution in [0, 0.1) is 0 Å². The number of hydrazone groups is 1. The molecule has 0 atom stereocenters. The van der Waals surface area contributed by atoms with Gasteiger partial charge in [-0.05, 0) is 56.2 Å². The summed E-state index contributed by atoms with van der Waals surface area (Å²) in [6.45, 7) is 0. The lowest BCUT2D eigenvalue weighted by molar-refractivity contribution is 0.532. The van der Waals surface area contributed by atoms with Gasteiger partial charge in [0.2, 0.25) is 0 Å². The zero-order chi connectivity index (χ0) is 13.7. The van der Waals surface area contributed by atoms with Gasteiger partial charge >= 0.3 is 0 Å². The lowest BCUT2D eigenvalue weighted by Crippen LogP contribution is -2.23. The molecule has 1 heterocycles. The largest absolute Gasteiger partial charge is 0.447 e. The number of nitrogens with zero attached hydrogens (tertiary/aromatic N) is 1. The maximum absolute atomic E-state index is 5.33. The lowest BCUT2D eigenvalue weighted by Gasteiger charge is -2.05. The second-order valence-corrected chi connectivity index (χ2v) is 5.44. The molecule has 98 valence electrons. The van der Waals surface area contributed by atoms with Crippen molar-refractivity contribution in [3.63, 3.8) is 0 Å². The highest BCUT2D eigenvalue weighted by atomic mass is 79.9. The Hall–Kier alpha value is -1.18. The molecular formula is C12H9Br2N3OS. The summed E-state index contributed by atoms with van der Waals surface area (Å²) in [5.74, 6) is 0.605. The summed E-state index contributed by atoms with van der Waals surface area (Å²) in [6, 6.07) is 11.4. The predicted octanol–water partition coefficient (Wildman–Crippen LogP) is 4.13. The van der Waals surface area contributed by atoms with Gasteiger partial charge in [0.05, 0.1) is 10.7 Å². The second kappa shape index (κ2) is 6.83. The minimum Gasteiger partial charge on any atom is -0.447 e. The third-order valence-electron chi connectivity index (χ3n) is 2.05. The SMILES string of the molecule is S=C(N/N=C\c1cc(Br)c(Br)o1)Nc1ccccc1. The van der Waals surface area contributed by atoms with Crippen molar-refractivity contribution in [2.45, 2.75) is 0 Å². The molecule has 1 aromatic heterocycles. The lowest BCUT2D eigenvalue weighted by atomic mass is 10.3. The Labute approximate surface area is 132 Å². The standard InChI is InChI=1S/C12H9Br2N3OS/c13-10-6-9(18-11(10)14)7-15-17-12(19)16-8-4-2-1-3-5-8/h1-7H,(H2,16,17,19)/b15-7-. The van der Waals surface area contributed by atoms with Crippen LogP contribution in [0.4, 0.5) is 5.69 Å². The van der Waals surface area contributed by atoms with Crippen molar-refractivity contribution >= 4 is 61.1 Å². The Kier molecular flexibility index (Phi) is 5.12. The molecule has 0 bridgehead atoms. The third-order valence-corrected chi connectivity index (χ3v) is 3.96. The smallest absolute Gasteiger partial charge is 0.191 e. The van der Waals surface area contributed by atoms with Crippen LogP contribution in [0.5, 0.6) is 0 Å². The fourth-order valence-electron chi connectivity index (χ4n) is 1.26. The van der Waals surface area contributed by atoms with Crippen LogP contribution in [-0.2, 0) is 0 Å². The van der Waals surface area contributed by atoms with E-state index in [4.69, 9.17) is 16.6 Å². The molecule has 0 unspecified atom stereocenters. The monoisotopic (exact) mass is 401 g/mol. The molecule has 0 radical (unpaired) electrons. The van der Waals surface area contributed by atoms with E-state index in [1.54, 1.807) is 6.07 Å². The Morgan fingerprint density at radius 2 is 2.00 bits per heavy atom. The van der Waals surface area contributed by atoms with Crippen molar-refractivity contribution in [1.82, 2.24) is 5.43 Å². The summed E-state index contributed by atoms with van der Waals surface area (Å²) in [7, 11) is 0. The number of nitrogens with one attached hydrogen (secondary N) is 2. The van der Waals surface area contributed by atoms with Crippen molar-refractivity contribution in [3.05, 3.63) is 51.3 Å². The zero-order valence-electron chi connectivity index (χ0n) is 9.56. The molecule has 19 heavy (non-hydrogen) atoms. The predicted molar refractivity (Wildman–Crippen MR) is 87.5 cm³/mol. The Balaban J connectivity index is 1.87. The summed E-state index contributed by atoms with van der Waals surface area (Å²) in [5.41, 5.74) is 3.61. The molecule has 2 aromatic rings. The van der Waals surface area contributed by atoms with Gasteiger partial charge in [-0.15, -0.1) is 0 Å². The maximum Gasteiger partial charge on any atom is 0.191 e. The van der Waals surface area contributed by atoms with Crippen LogP contribution in [0.25, 0.3) is 0 Å². The Bertz CT molecular complexity index is 579. The first-order chi connectivity index (χ1) is 9.15. The molecule has 0 fully saturated rings.